The van der Waals surface area contributed by atoms with Gasteiger partial charge in [0.2, 0.25) is 0 Å². The largest absolute Gasteiger partial charge is 0.508 e. The summed E-state index contributed by atoms with van der Waals surface area (Å²) in [6, 6.07) is 3.34. The van der Waals surface area contributed by atoms with Crippen molar-refractivity contribution >= 4 is 5.91 Å². The standard InChI is InChI=1S/C13H16FNO4/c14-11-7-9(17)1-2-10(11)12(18)15-13(8-16)3-5-19-6-4-13/h1-2,7,16-17H,3-6,8H2,(H,15,18). The van der Waals surface area contributed by atoms with Gasteiger partial charge in [-0.3, -0.25) is 4.79 Å². The highest BCUT2D eigenvalue weighted by Gasteiger charge is 2.34. The predicted octanol–water partition coefficient (Wildman–Crippen LogP) is 0.803. The van der Waals surface area contributed by atoms with E-state index < -0.39 is 17.3 Å². The maximum atomic E-state index is 13.6. The minimum absolute atomic E-state index is 0.155. The molecule has 1 aromatic carbocycles. The highest BCUT2D eigenvalue weighted by Crippen LogP contribution is 2.22. The Balaban J connectivity index is 2.15. The minimum atomic E-state index is -0.794. The van der Waals surface area contributed by atoms with Gasteiger partial charge in [-0.1, -0.05) is 0 Å². The van der Waals surface area contributed by atoms with Crippen LogP contribution in [0, 0.1) is 5.82 Å². The van der Waals surface area contributed by atoms with Gasteiger partial charge in [-0.2, -0.15) is 0 Å². The number of hydrogen-bond donors (Lipinski definition) is 3. The molecule has 0 atom stereocenters. The molecule has 1 amide bonds. The number of carbonyl (C=O) groups excluding carboxylic acids is 1. The first kappa shape index (κ1) is 13.8. The quantitative estimate of drug-likeness (QED) is 0.758. The van der Waals surface area contributed by atoms with Crippen LogP contribution < -0.4 is 5.32 Å². The summed E-state index contributed by atoms with van der Waals surface area (Å²) in [6.45, 7) is 0.666. The average molecular weight is 269 g/mol. The number of benzene rings is 1. The molecular weight excluding hydrogens is 253 g/mol. The van der Waals surface area contributed by atoms with E-state index in [-0.39, 0.29) is 17.9 Å². The molecule has 3 N–H and O–H groups in total. The molecule has 5 nitrogen and oxygen atoms in total. The molecule has 0 saturated carbocycles. The minimum Gasteiger partial charge on any atom is -0.508 e. The molecule has 104 valence electrons. The second-order valence-corrected chi connectivity index (χ2v) is 4.67. The van der Waals surface area contributed by atoms with Crippen molar-refractivity contribution in [2.24, 2.45) is 0 Å². The molecule has 0 spiro atoms. The topological polar surface area (TPSA) is 78.8 Å². The summed E-state index contributed by atoms with van der Waals surface area (Å²) in [4.78, 5) is 12.0. The van der Waals surface area contributed by atoms with E-state index in [0.717, 1.165) is 6.07 Å². The number of rotatable bonds is 3. The molecule has 0 unspecified atom stereocenters. The third-order valence-corrected chi connectivity index (χ3v) is 3.33. The molecule has 1 aliphatic rings. The number of hydrogen-bond acceptors (Lipinski definition) is 4. The van der Waals surface area contributed by atoms with Crippen LogP contribution in [0.3, 0.4) is 0 Å². The number of ether oxygens (including phenoxy) is 1. The van der Waals surface area contributed by atoms with E-state index in [4.69, 9.17) is 9.84 Å². The normalized spacial score (nSPS) is 18.0. The van der Waals surface area contributed by atoms with Gasteiger partial charge in [-0.15, -0.1) is 0 Å². The summed E-state index contributed by atoms with van der Waals surface area (Å²) >= 11 is 0. The molecule has 6 heteroatoms. The number of phenolic OH excluding ortho intramolecular Hbond substituents is 1. The lowest BCUT2D eigenvalue weighted by Gasteiger charge is -2.36. The lowest BCUT2D eigenvalue weighted by atomic mass is 9.90. The Bertz CT molecular complexity index is 472. The van der Waals surface area contributed by atoms with Crippen molar-refractivity contribution in [2.75, 3.05) is 19.8 Å². The fourth-order valence-corrected chi connectivity index (χ4v) is 2.08. The van der Waals surface area contributed by atoms with Crippen LogP contribution in [0.25, 0.3) is 0 Å². The van der Waals surface area contributed by atoms with Crippen LogP contribution in [0.1, 0.15) is 23.2 Å². The van der Waals surface area contributed by atoms with Gasteiger partial charge in [0.15, 0.2) is 0 Å². The molecule has 1 aliphatic heterocycles. The van der Waals surface area contributed by atoms with Gasteiger partial charge in [-0.25, -0.2) is 4.39 Å². The van der Waals surface area contributed by atoms with Crippen molar-refractivity contribution in [3.63, 3.8) is 0 Å². The van der Waals surface area contributed by atoms with Gasteiger partial charge in [0.1, 0.15) is 11.6 Å². The lowest BCUT2D eigenvalue weighted by molar-refractivity contribution is 0.0124. The first-order valence-corrected chi connectivity index (χ1v) is 6.06. The number of amides is 1. The van der Waals surface area contributed by atoms with E-state index in [1.807, 2.05) is 0 Å². The predicted molar refractivity (Wildman–Crippen MR) is 65.4 cm³/mol. The molecule has 1 fully saturated rings. The van der Waals surface area contributed by atoms with Crippen molar-refractivity contribution in [2.45, 2.75) is 18.4 Å². The molecule has 0 bridgehead atoms. The summed E-state index contributed by atoms with van der Waals surface area (Å²) in [5, 5.41) is 21.2. The van der Waals surface area contributed by atoms with Gasteiger partial charge < -0.3 is 20.3 Å². The number of aliphatic hydroxyl groups is 1. The van der Waals surface area contributed by atoms with Crippen LogP contribution in [0.5, 0.6) is 5.75 Å². The maximum absolute atomic E-state index is 13.6. The molecule has 0 radical (unpaired) electrons. The third-order valence-electron chi connectivity index (χ3n) is 3.33. The maximum Gasteiger partial charge on any atom is 0.254 e. The number of halogens is 1. The Morgan fingerprint density at radius 3 is 2.68 bits per heavy atom. The van der Waals surface area contributed by atoms with Gasteiger partial charge in [0.25, 0.3) is 5.91 Å². The van der Waals surface area contributed by atoms with Crippen LogP contribution in [0.2, 0.25) is 0 Å². The molecule has 0 aliphatic carbocycles. The van der Waals surface area contributed by atoms with Crippen LogP contribution >= 0.6 is 0 Å². The fraction of sp³-hybridized carbons (Fsp3) is 0.462. The van der Waals surface area contributed by atoms with Gasteiger partial charge in [-0.05, 0) is 25.0 Å². The zero-order valence-electron chi connectivity index (χ0n) is 10.4. The Labute approximate surface area is 110 Å². The molecule has 1 saturated heterocycles. The zero-order valence-corrected chi connectivity index (χ0v) is 10.4. The SMILES string of the molecule is O=C(NC1(CO)CCOCC1)c1ccc(O)cc1F. The number of aliphatic hydroxyl groups excluding tert-OH is 1. The molecular formula is C13H16FNO4. The van der Waals surface area contributed by atoms with Crippen LogP contribution in [-0.4, -0.2) is 41.5 Å². The fourth-order valence-electron chi connectivity index (χ4n) is 2.08. The third kappa shape index (κ3) is 3.02. The van der Waals surface area contributed by atoms with Crippen LogP contribution in [0.15, 0.2) is 18.2 Å². The van der Waals surface area contributed by atoms with E-state index in [1.165, 1.54) is 12.1 Å². The second-order valence-electron chi connectivity index (χ2n) is 4.67. The number of phenols is 1. The van der Waals surface area contributed by atoms with Crippen molar-refractivity contribution in [1.29, 1.82) is 0 Å². The van der Waals surface area contributed by atoms with E-state index in [0.29, 0.717) is 26.1 Å². The Kier molecular flexibility index (Phi) is 4.01. The summed E-state index contributed by atoms with van der Waals surface area (Å²) in [6.07, 6.45) is 0.962. The van der Waals surface area contributed by atoms with Crippen molar-refractivity contribution in [3.8, 4) is 5.75 Å². The number of aromatic hydroxyl groups is 1. The van der Waals surface area contributed by atoms with E-state index in [9.17, 15) is 14.3 Å². The highest BCUT2D eigenvalue weighted by molar-refractivity contribution is 5.95. The first-order valence-electron chi connectivity index (χ1n) is 6.06. The van der Waals surface area contributed by atoms with E-state index in [2.05, 4.69) is 5.32 Å². The molecule has 0 aromatic heterocycles. The molecule has 1 heterocycles. The molecule has 19 heavy (non-hydrogen) atoms. The lowest BCUT2D eigenvalue weighted by Crippen LogP contribution is -2.54. The van der Waals surface area contributed by atoms with Crippen molar-refractivity contribution in [3.05, 3.63) is 29.6 Å². The van der Waals surface area contributed by atoms with Gasteiger partial charge >= 0.3 is 0 Å². The summed E-state index contributed by atoms with van der Waals surface area (Å²) in [5.74, 6) is -1.64. The average Bonchev–Trinajstić information content (AvgIpc) is 2.39. The number of nitrogens with one attached hydrogen (secondary N) is 1. The van der Waals surface area contributed by atoms with Gasteiger partial charge in [0.05, 0.1) is 17.7 Å². The van der Waals surface area contributed by atoms with Crippen LogP contribution in [-0.2, 0) is 4.74 Å². The highest BCUT2D eigenvalue weighted by atomic mass is 19.1. The Morgan fingerprint density at radius 1 is 1.42 bits per heavy atom. The molecule has 1 aromatic rings. The van der Waals surface area contributed by atoms with Gasteiger partial charge in [0, 0.05) is 19.3 Å². The summed E-state index contributed by atoms with van der Waals surface area (Å²) in [5.41, 5.74) is -0.920. The van der Waals surface area contributed by atoms with Crippen molar-refractivity contribution in [1.82, 2.24) is 5.32 Å². The van der Waals surface area contributed by atoms with E-state index in [1.54, 1.807) is 0 Å². The summed E-state index contributed by atoms with van der Waals surface area (Å²) in [7, 11) is 0. The Hall–Kier alpha value is -1.66. The van der Waals surface area contributed by atoms with Crippen LogP contribution in [0.4, 0.5) is 4.39 Å². The smallest absolute Gasteiger partial charge is 0.254 e. The second kappa shape index (κ2) is 5.54. The first-order chi connectivity index (χ1) is 9.06. The number of carbonyl (C=O) groups is 1. The monoisotopic (exact) mass is 269 g/mol. The molecule has 2 rings (SSSR count). The zero-order chi connectivity index (χ0) is 13.9. The van der Waals surface area contributed by atoms with Crippen molar-refractivity contribution < 1.29 is 24.1 Å². The van der Waals surface area contributed by atoms with E-state index >= 15 is 0 Å². The Morgan fingerprint density at radius 2 is 2.11 bits per heavy atom. The summed E-state index contributed by atoms with van der Waals surface area (Å²) < 4.78 is 18.8.